The SMILES string of the molecule is C=C(C)[C@@H]1CC[C@]2(C)C(=C(C)C=C[C@@]23CC[C@@H]([C@]2(O)[C@@H](CCc4ccccc4)CCC24CCCC4)C3)C1. The highest BCUT2D eigenvalue weighted by atomic mass is 16.3. The molecule has 0 unspecified atom stereocenters. The highest BCUT2D eigenvalue weighted by molar-refractivity contribution is 5.41. The zero-order chi connectivity index (χ0) is 25.9. The van der Waals surface area contributed by atoms with E-state index < -0.39 is 5.60 Å². The van der Waals surface area contributed by atoms with Crippen molar-refractivity contribution < 1.29 is 5.11 Å². The smallest absolute Gasteiger partial charge is 0.0760 e. The van der Waals surface area contributed by atoms with Gasteiger partial charge in [0.1, 0.15) is 0 Å². The van der Waals surface area contributed by atoms with Crippen molar-refractivity contribution in [1.29, 1.82) is 0 Å². The lowest BCUT2D eigenvalue weighted by atomic mass is 9.50. The van der Waals surface area contributed by atoms with Crippen LogP contribution in [0.2, 0.25) is 0 Å². The molecule has 5 aliphatic carbocycles. The van der Waals surface area contributed by atoms with Gasteiger partial charge in [-0.05, 0) is 130 Å². The quantitative estimate of drug-likeness (QED) is 0.401. The van der Waals surface area contributed by atoms with Crippen LogP contribution in [0.1, 0.15) is 110 Å². The molecule has 5 aliphatic rings. The van der Waals surface area contributed by atoms with Gasteiger partial charge < -0.3 is 5.11 Å². The van der Waals surface area contributed by atoms with Crippen molar-refractivity contribution in [3.63, 3.8) is 0 Å². The van der Waals surface area contributed by atoms with E-state index in [0.717, 1.165) is 12.8 Å². The minimum absolute atomic E-state index is 0.177. The summed E-state index contributed by atoms with van der Waals surface area (Å²) in [6.07, 6.45) is 22.4. The summed E-state index contributed by atoms with van der Waals surface area (Å²) in [6, 6.07) is 11.0. The molecule has 0 amide bonds. The Morgan fingerprint density at radius 3 is 2.49 bits per heavy atom. The van der Waals surface area contributed by atoms with E-state index in [4.69, 9.17) is 0 Å². The maximum atomic E-state index is 13.1. The fourth-order valence-electron chi connectivity index (χ4n) is 10.5. The van der Waals surface area contributed by atoms with Crippen LogP contribution < -0.4 is 0 Å². The van der Waals surface area contributed by atoms with E-state index in [0.29, 0.717) is 17.8 Å². The molecule has 37 heavy (non-hydrogen) atoms. The second kappa shape index (κ2) is 9.25. The maximum absolute atomic E-state index is 13.1. The molecule has 0 saturated heterocycles. The molecule has 6 rings (SSSR count). The molecule has 0 radical (unpaired) electrons. The van der Waals surface area contributed by atoms with Crippen LogP contribution in [0.15, 0.2) is 65.8 Å². The summed E-state index contributed by atoms with van der Waals surface area (Å²) < 4.78 is 0. The minimum atomic E-state index is -0.489. The Morgan fingerprint density at radius 1 is 1.00 bits per heavy atom. The highest BCUT2D eigenvalue weighted by Crippen LogP contribution is 2.70. The van der Waals surface area contributed by atoms with Crippen LogP contribution in [0, 0.1) is 34.0 Å². The lowest BCUT2D eigenvalue weighted by molar-refractivity contribution is -0.136. The molecule has 0 aliphatic heterocycles. The largest absolute Gasteiger partial charge is 0.389 e. The first-order chi connectivity index (χ1) is 17.7. The number of benzene rings is 1. The van der Waals surface area contributed by atoms with Gasteiger partial charge in [0.05, 0.1) is 5.60 Å². The number of hydrogen-bond donors (Lipinski definition) is 1. The standard InChI is InChI=1S/C36H50O/c1-26(2)29-15-20-33(4)32(24-29)27(3)14-21-35(33)23-17-31(25-35)36(37)30(13-12-28-10-6-5-7-11-28)16-22-34(36)18-8-9-19-34/h5-7,10-11,14,21,29-31,37H,1,8-9,12-13,15-20,22-25H2,2-4H3/t29-,30+,31-,33-,35+,36-/m1/s1. The Labute approximate surface area is 226 Å². The van der Waals surface area contributed by atoms with Crippen LogP contribution in [0.4, 0.5) is 0 Å². The van der Waals surface area contributed by atoms with Crippen molar-refractivity contribution in [1.82, 2.24) is 0 Å². The number of allylic oxidation sites excluding steroid dienone is 5. The molecule has 1 heteroatoms. The van der Waals surface area contributed by atoms with Crippen molar-refractivity contribution >= 4 is 0 Å². The molecule has 1 aromatic rings. The lowest BCUT2D eigenvalue weighted by Crippen LogP contribution is -2.53. The fourth-order valence-corrected chi connectivity index (χ4v) is 10.5. The first kappa shape index (κ1) is 25.7. The number of aryl methyl sites for hydroxylation is 1. The molecule has 200 valence electrons. The Kier molecular flexibility index (Phi) is 6.42. The van der Waals surface area contributed by atoms with Gasteiger partial charge in [-0.2, -0.15) is 0 Å². The van der Waals surface area contributed by atoms with Gasteiger partial charge in [0.2, 0.25) is 0 Å². The van der Waals surface area contributed by atoms with Crippen LogP contribution in [0.5, 0.6) is 0 Å². The lowest BCUT2D eigenvalue weighted by Gasteiger charge is -2.55. The van der Waals surface area contributed by atoms with E-state index in [1.165, 1.54) is 93.8 Å². The third kappa shape index (κ3) is 3.81. The van der Waals surface area contributed by atoms with Gasteiger partial charge in [-0.15, -0.1) is 0 Å². The van der Waals surface area contributed by atoms with E-state index in [2.05, 4.69) is 69.8 Å². The van der Waals surface area contributed by atoms with E-state index in [1.807, 2.05) is 0 Å². The van der Waals surface area contributed by atoms with E-state index >= 15 is 0 Å². The molecule has 0 aromatic heterocycles. The number of aliphatic hydroxyl groups is 1. The predicted octanol–water partition coefficient (Wildman–Crippen LogP) is 9.38. The molecule has 1 aromatic carbocycles. The van der Waals surface area contributed by atoms with Crippen LogP contribution >= 0.6 is 0 Å². The molecule has 1 nitrogen and oxygen atoms in total. The fraction of sp³-hybridized carbons (Fsp3) is 0.667. The number of hydrogen-bond acceptors (Lipinski definition) is 1. The molecular weight excluding hydrogens is 448 g/mol. The summed E-state index contributed by atoms with van der Waals surface area (Å²) >= 11 is 0. The summed E-state index contributed by atoms with van der Waals surface area (Å²) in [6.45, 7) is 11.5. The highest BCUT2D eigenvalue weighted by Gasteiger charge is 2.66. The van der Waals surface area contributed by atoms with E-state index in [1.54, 1.807) is 5.57 Å². The Balaban J connectivity index is 1.30. The van der Waals surface area contributed by atoms with Gasteiger partial charge in [0.15, 0.2) is 0 Å². The summed E-state index contributed by atoms with van der Waals surface area (Å²) in [5.41, 5.74) is 6.16. The summed E-state index contributed by atoms with van der Waals surface area (Å²) in [5.74, 6) is 1.53. The Hall–Kier alpha value is -1.60. The van der Waals surface area contributed by atoms with Gasteiger partial charge in [-0.25, -0.2) is 0 Å². The monoisotopic (exact) mass is 498 g/mol. The first-order valence-electron chi connectivity index (χ1n) is 15.5. The van der Waals surface area contributed by atoms with E-state index in [9.17, 15) is 5.11 Å². The zero-order valence-corrected chi connectivity index (χ0v) is 23.8. The van der Waals surface area contributed by atoms with Crippen LogP contribution in [-0.4, -0.2) is 10.7 Å². The molecule has 1 N–H and O–H groups in total. The second-order valence-corrected chi connectivity index (χ2v) is 14.3. The van der Waals surface area contributed by atoms with Crippen molar-refractivity contribution in [3.05, 3.63) is 71.3 Å². The van der Waals surface area contributed by atoms with Crippen LogP contribution in [-0.2, 0) is 6.42 Å². The van der Waals surface area contributed by atoms with E-state index in [-0.39, 0.29) is 16.2 Å². The maximum Gasteiger partial charge on any atom is 0.0760 e. The molecule has 0 bridgehead atoms. The summed E-state index contributed by atoms with van der Waals surface area (Å²) in [5, 5.41) is 13.1. The third-order valence-corrected chi connectivity index (χ3v) is 12.8. The van der Waals surface area contributed by atoms with Crippen LogP contribution in [0.25, 0.3) is 0 Å². The molecule has 0 heterocycles. The van der Waals surface area contributed by atoms with Gasteiger partial charge in [-0.3, -0.25) is 0 Å². The second-order valence-electron chi connectivity index (χ2n) is 14.3. The topological polar surface area (TPSA) is 20.2 Å². The predicted molar refractivity (Wildman–Crippen MR) is 155 cm³/mol. The number of fused-ring (bicyclic) bond motifs is 2. The Morgan fingerprint density at radius 2 is 1.76 bits per heavy atom. The summed E-state index contributed by atoms with van der Waals surface area (Å²) in [7, 11) is 0. The average Bonchev–Trinajstić information content (AvgIpc) is 3.62. The molecule has 4 saturated carbocycles. The van der Waals surface area contributed by atoms with Gasteiger partial charge in [-0.1, -0.05) is 85.5 Å². The molecule has 2 spiro atoms. The molecular formula is C36H50O. The third-order valence-electron chi connectivity index (χ3n) is 12.8. The normalized spacial score (nSPS) is 40.6. The first-order valence-corrected chi connectivity index (χ1v) is 15.5. The van der Waals surface area contributed by atoms with Crippen molar-refractivity contribution in [3.8, 4) is 0 Å². The summed E-state index contributed by atoms with van der Waals surface area (Å²) in [4.78, 5) is 0. The molecule has 6 atom stereocenters. The van der Waals surface area contributed by atoms with Gasteiger partial charge >= 0.3 is 0 Å². The number of rotatable bonds is 5. The minimum Gasteiger partial charge on any atom is -0.389 e. The molecule has 4 fully saturated rings. The zero-order valence-electron chi connectivity index (χ0n) is 23.8. The van der Waals surface area contributed by atoms with Crippen molar-refractivity contribution in [2.45, 2.75) is 116 Å². The van der Waals surface area contributed by atoms with Gasteiger partial charge in [0.25, 0.3) is 0 Å². The van der Waals surface area contributed by atoms with Crippen LogP contribution in [0.3, 0.4) is 0 Å². The Bertz CT molecular complexity index is 1090. The average molecular weight is 499 g/mol. The van der Waals surface area contributed by atoms with Gasteiger partial charge in [0, 0.05) is 0 Å². The van der Waals surface area contributed by atoms with Crippen molar-refractivity contribution in [2.24, 2.45) is 34.0 Å². The van der Waals surface area contributed by atoms with Crippen molar-refractivity contribution in [2.75, 3.05) is 0 Å².